The molecule has 0 saturated heterocycles. The molecule has 0 saturated carbocycles. The van der Waals surface area contributed by atoms with Gasteiger partial charge in [0, 0.05) is 0 Å². The van der Waals surface area contributed by atoms with E-state index in [1.807, 2.05) is 0 Å². The van der Waals surface area contributed by atoms with Crippen LogP contribution in [0.4, 0.5) is 0 Å². The third-order valence-electron chi connectivity index (χ3n) is 0.780. The minimum atomic E-state index is -1.43. The van der Waals surface area contributed by atoms with Gasteiger partial charge in [-0.1, -0.05) is 0 Å². The molecular formula is C4H6NO3. The van der Waals surface area contributed by atoms with E-state index in [-0.39, 0.29) is 0 Å². The molecule has 8 heavy (non-hydrogen) atoms. The number of hydrogen-bond acceptors (Lipinski definition) is 2. The summed E-state index contributed by atoms with van der Waals surface area (Å²) < 4.78 is 0. The third-order valence-corrected chi connectivity index (χ3v) is 0.780. The minimum absolute atomic E-state index is 0.870. The molecule has 4 heteroatoms. The van der Waals surface area contributed by atoms with E-state index in [1.54, 1.807) is 0 Å². The molecule has 0 aliphatic carbocycles. The van der Waals surface area contributed by atoms with Gasteiger partial charge in [-0.15, -0.1) is 0 Å². The predicted octanol–water partition coefficient (Wildman–Crippen LogP) is -0.935. The van der Waals surface area contributed by atoms with Crippen LogP contribution in [0.3, 0.4) is 0 Å². The van der Waals surface area contributed by atoms with E-state index in [1.165, 1.54) is 6.92 Å². The average molecular weight is 116 g/mol. The van der Waals surface area contributed by atoms with Crippen molar-refractivity contribution in [1.29, 1.82) is 0 Å². The van der Waals surface area contributed by atoms with Crippen molar-refractivity contribution in [1.82, 2.24) is 0 Å². The van der Waals surface area contributed by atoms with Crippen LogP contribution in [-0.4, -0.2) is 11.9 Å². The Morgan fingerprint density at radius 2 is 1.88 bits per heavy atom. The summed E-state index contributed by atoms with van der Waals surface area (Å²) in [5.41, 5.74) is 4.58. The van der Waals surface area contributed by atoms with Gasteiger partial charge in [0.15, 0.2) is 0 Å². The Hall–Kier alpha value is -1.06. The van der Waals surface area contributed by atoms with Gasteiger partial charge in [0.2, 0.25) is 5.91 Å². The van der Waals surface area contributed by atoms with Crippen LogP contribution in [0.1, 0.15) is 6.92 Å². The molecule has 45 valence electrons. The second-order valence-corrected chi connectivity index (χ2v) is 1.44. The molecule has 1 unspecified atom stereocenters. The van der Waals surface area contributed by atoms with Crippen LogP contribution < -0.4 is 5.73 Å². The van der Waals surface area contributed by atoms with Gasteiger partial charge in [-0.25, -0.2) is 9.90 Å². The van der Waals surface area contributed by atoms with E-state index in [2.05, 4.69) is 5.73 Å². The van der Waals surface area contributed by atoms with Crippen molar-refractivity contribution >= 4 is 11.9 Å². The molecule has 0 aliphatic heterocycles. The van der Waals surface area contributed by atoms with Gasteiger partial charge < -0.3 is 5.73 Å². The largest absolute Gasteiger partial charge is 0.369 e. The predicted molar refractivity (Wildman–Crippen MR) is 24.1 cm³/mol. The molecule has 1 amide bonds. The summed E-state index contributed by atoms with van der Waals surface area (Å²) in [6.45, 7) is 1.18. The van der Waals surface area contributed by atoms with E-state index in [0.29, 0.717) is 0 Å². The molecular weight excluding hydrogens is 110 g/mol. The van der Waals surface area contributed by atoms with Crippen LogP contribution in [0.15, 0.2) is 0 Å². The second-order valence-electron chi connectivity index (χ2n) is 1.44. The highest BCUT2D eigenvalue weighted by Gasteiger charge is 2.18. The second kappa shape index (κ2) is 2.30. The molecule has 1 atom stereocenters. The van der Waals surface area contributed by atoms with Gasteiger partial charge >= 0.3 is 5.97 Å². The van der Waals surface area contributed by atoms with E-state index in [9.17, 15) is 14.7 Å². The van der Waals surface area contributed by atoms with Gasteiger partial charge in [-0.3, -0.25) is 4.79 Å². The highest BCUT2D eigenvalue weighted by Crippen LogP contribution is 1.90. The summed E-state index contributed by atoms with van der Waals surface area (Å²) in [6.07, 6.45) is 0. The Labute approximate surface area is 46.3 Å². The highest BCUT2D eigenvalue weighted by molar-refractivity contribution is 5.95. The van der Waals surface area contributed by atoms with Crippen LogP contribution in [0.25, 0.3) is 0 Å². The number of carbonyl (C=O) groups excluding carboxylic acids is 2. The number of nitrogens with two attached hydrogens (primary N) is 1. The topological polar surface area (TPSA) is 80.1 Å². The van der Waals surface area contributed by atoms with Crippen molar-refractivity contribution < 1.29 is 14.7 Å². The maximum absolute atomic E-state index is 9.94. The SMILES string of the molecule is CC(C(N)=O)C([O])=O. The van der Waals surface area contributed by atoms with Crippen LogP contribution in [0.5, 0.6) is 0 Å². The molecule has 0 bridgehead atoms. The number of rotatable bonds is 2. The smallest absolute Gasteiger partial charge is 0.367 e. The molecule has 0 fully saturated rings. The molecule has 2 N–H and O–H groups in total. The Morgan fingerprint density at radius 1 is 1.50 bits per heavy atom. The first-order valence-electron chi connectivity index (χ1n) is 2.06. The van der Waals surface area contributed by atoms with Gasteiger partial charge in [-0.05, 0) is 6.92 Å². The fourth-order valence-electron chi connectivity index (χ4n) is 0.116. The number of carbonyl (C=O) groups is 2. The van der Waals surface area contributed by atoms with Gasteiger partial charge in [-0.2, -0.15) is 0 Å². The average Bonchev–Trinajstić information content (AvgIpc) is 1.64. The van der Waals surface area contributed by atoms with E-state index >= 15 is 0 Å². The Balaban J connectivity index is 3.83. The summed E-state index contributed by atoms with van der Waals surface area (Å²) in [5, 5.41) is 9.73. The zero-order valence-electron chi connectivity index (χ0n) is 4.38. The number of primary amides is 1. The van der Waals surface area contributed by atoms with Crippen LogP contribution in [-0.2, 0) is 14.7 Å². The lowest BCUT2D eigenvalue weighted by Gasteiger charge is -1.93. The van der Waals surface area contributed by atoms with Crippen molar-refractivity contribution in [2.75, 3.05) is 0 Å². The highest BCUT2D eigenvalue weighted by atomic mass is 16.4. The van der Waals surface area contributed by atoms with Gasteiger partial charge in [0.05, 0.1) is 0 Å². The molecule has 0 aliphatic rings. The van der Waals surface area contributed by atoms with Gasteiger partial charge in [0.25, 0.3) is 0 Å². The Kier molecular flexibility index (Phi) is 1.99. The van der Waals surface area contributed by atoms with Crippen molar-refractivity contribution in [3.63, 3.8) is 0 Å². The van der Waals surface area contributed by atoms with Crippen molar-refractivity contribution in [2.45, 2.75) is 6.92 Å². The molecule has 0 spiro atoms. The number of hydrogen-bond donors (Lipinski definition) is 1. The quantitative estimate of drug-likeness (QED) is 0.472. The van der Waals surface area contributed by atoms with Crippen molar-refractivity contribution in [3.05, 3.63) is 0 Å². The first-order chi connectivity index (χ1) is 3.55. The summed E-state index contributed by atoms with van der Waals surface area (Å²) >= 11 is 0. The zero-order valence-corrected chi connectivity index (χ0v) is 4.38. The summed E-state index contributed by atoms with van der Waals surface area (Å²) in [4.78, 5) is 19.7. The summed E-state index contributed by atoms with van der Waals surface area (Å²) in [7, 11) is 0. The standard InChI is InChI=1S/C4H6NO3/c1-2(3(5)6)4(7)8/h2H,1H3,(H2,5,6). The van der Waals surface area contributed by atoms with Gasteiger partial charge in [0.1, 0.15) is 5.92 Å². The summed E-state index contributed by atoms with van der Waals surface area (Å²) in [6, 6.07) is 0. The Morgan fingerprint density at radius 3 is 1.88 bits per heavy atom. The monoisotopic (exact) mass is 116 g/mol. The zero-order chi connectivity index (χ0) is 6.73. The van der Waals surface area contributed by atoms with Crippen molar-refractivity contribution in [2.24, 2.45) is 11.7 Å². The lowest BCUT2D eigenvalue weighted by atomic mass is 10.2. The first-order valence-corrected chi connectivity index (χ1v) is 2.06. The molecule has 0 aromatic carbocycles. The molecule has 1 radical (unpaired) electrons. The minimum Gasteiger partial charge on any atom is -0.369 e. The molecule has 4 nitrogen and oxygen atoms in total. The Bertz CT molecular complexity index is 106. The van der Waals surface area contributed by atoms with Crippen LogP contribution in [0, 0.1) is 5.92 Å². The van der Waals surface area contributed by atoms with E-state index in [4.69, 9.17) is 0 Å². The fraction of sp³-hybridized carbons (Fsp3) is 0.500. The summed E-state index contributed by atoms with van der Waals surface area (Å²) in [5.74, 6) is -3.49. The van der Waals surface area contributed by atoms with Crippen LogP contribution in [0.2, 0.25) is 0 Å². The van der Waals surface area contributed by atoms with E-state index < -0.39 is 17.8 Å². The third kappa shape index (κ3) is 1.59. The van der Waals surface area contributed by atoms with Crippen LogP contribution >= 0.6 is 0 Å². The molecule has 0 rings (SSSR count). The van der Waals surface area contributed by atoms with Crippen molar-refractivity contribution in [3.8, 4) is 0 Å². The fourth-order valence-corrected chi connectivity index (χ4v) is 0.116. The molecule has 0 aromatic heterocycles. The maximum atomic E-state index is 9.94. The normalized spacial score (nSPS) is 12.6. The number of amides is 1. The maximum Gasteiger partial charge on any atom is 0.367 e. The molecule has 0 heterocycles. The lowest BCUT2D eigenvalue weighted by molar-refractivity contribution is -0.150. The van der Waals surface area contributed by atoms with E-state index in [0.717, 1.165) is 0 Å². The lowest BCUT2D eigenvalue weighted by Crippen LogP contribution is -2.26. The molecule has 0 aromatic rings. The first kappa shape index (κ1) is 6.94.